The first-order valence-corrected chi connectivity index (χ1v) is 11.3. The summed E-state index contributed by atoms with van der Waals surface area (Å²) in [6, 6.07) is 22.8. The van der Waals surface area contributed by atoms with Crippen LogP contribution in [0.4, 0.5) is 0 Å². The highest BCUT2D eigenvalue weighted by Gasteiger charge is 2.26. The van der Waals surface area contributed by atoms with E-state index in [1.165, 1.54) is 23.1 Å². The highest BCUT2D eigenvalue weighted by atomic mass is 16.4. The zero-order chi connectivity index (χ0) is 24.4. The van der Waals surface area contributed by atoms with Crippen LogP contribution >= 0.6 is 0 Å². The summed E-state index contributed by atoms with van der Waals surface area (Å²) >= 11 is 0. The quantitative estimate of drug-likeness (QED) is 0.245. The number of hydrogen-bond acceptors (Lipinski definition) is 5. The number of nitrogens with zero attached hydrogens (tertiary/aromatic N) is 1. The fraction of sp³-hybridized carbons (Fsp3) is 0.143. The molecule has 3 aromatic carbocycles. The van der Waals surface area contributed by atoms with Gasteiger partial charge in [0.2, 0.25) is 0 Å². The molecule has 0 spiro atoms. The number of hydrogen-bond donors (Lipinski definition) is 3. The van der Waals surface area contributed by atoms with Crippen LogP contribution in [0, 0.1) is 0 Å². The molecule has 0 aliphatic carbocycles. The number of phenolic OH excluding ortho intramolecular Hbond substituents is 1. The van der Waals surface area contributed by atoms with E-state index in [9.17, 15) is 19.8 Å². The Labute approximate surface area is 200 Å². The summed E-state index contributed by atoms with van der Waals surface area (Å²) in [7, 11) is 0. The molecule has 0 saturated heterocycles. The largest absolute Gasteiger partial charge is 0.508 e. The second-order valence-corrected chi connectivity index (χ2v) is 8.44. The summed E-state index contributed by atoms with van der Waals surface area (Å²) in [4.78, 5) is 30.8. The number of H-pyrrole nitrogens is 1. The highest BCUT2D eigenvalue weighted by Crippen LogP contribution is 2.21. The van der Waals surface area contributed by atoms with E-state index in [4.69, 9.17) is 4.42 Å². The lowest BCUT2D eigenvalue weighted by atomic mass is 10.1. The van der Waals surface area contributed by atoms with E-state index in [0.717, 1.165) is 22.0 Å². The zero-order valence-electron chi connectivity index (χ0n) is 18.8. The Bertz CT molecular complexity index is 1550. The smallest absolute Gasteiger partial charge is 0.349 e. The highest BCUT2D eigenvalue weighted by molar-refractivity contribution is 5.96. The van der Waals surface area contributed by atoms with Crippen LogP contribution in [0.2, 0.25) is 0 Å². The molecule has 0 aliphatic rings. The number of phenols is 1. The molecule has 5 rings (SSSR count). The normalized spacial score (nSPS) is 12.1. The molecule has 2 heterocycles. The van der Waals surface area contributed by atoms with Gasteiger partial charge >= 0.3 is 5.63 Å². The molecule has 7 nitrogen and oxygen atoms in total. The number of fused-ring (bicyclic) bond motifs is 2. The van der Waals surface area contributed by atoms with Gasteiger partial charge in [0.1, 0.15) is 23.1 Å². The first-order valence-electron chi connectivity index (χ1n) is 11.3. The van der Waals surface area contributed by atoms with Gasteiger partial charge in [-0.05, 0) is 47.9 Å². The number of aromatic hydroxyl groups is 1. The summed E-state index contributed by atoms with van der Waals surface area (Å²) in [5.41, 5.74) is 2.24. The summed E-state index contributed by atoms with van der Waals surface area (Å²) in [5.74, 6) is -0.486. The van der Waals surface area contributed by atoms with Crippen molar-refractivity contribution in [3.05, 3.63) is 112 Å². The van der Waals surface area contributed by atoms with E-state index < -0.39 is 17.8 Å². The van der Waals surface area contributed by atoms with Gasteiger partial charge in [-0.1, -0.05) is 48.5 Å². The molecule has 3 N–H and O–H groups in total. The number of aromatic amines is 1. The van der Waals surface area contributed by atoms with Crippen LogP contribution in [-0.2, 0) is 12.8 Å². The van der Waals surface area contributed by atoms with Crippen LogP contribution in [0.25, 0.3) is 21.9 Å². The van der Waals surface area contributed by atoms with Crippen molar-refractivity contribution < 1.29 is 19.4 Å². The number of benzene rings is 3. The van der Waals surface area contributed by atoms with E-state index in [1.54, 1.807) is 36.4 Å². The molecule has 2 aromatic heterocycles. The van der Waals surface area contributed by atoms with Crippen molar-refractivity contribution in [3.63, 3.8) is 0 Å². The Hall–Kier alpha value is -4.36. The minimum atomic E-state index is -1.19. The van der Waals surface area contributed by atoms with E-state index in [0.29, 0.717) is 17.4 Å². The van der Waals surface area contributed by atoms with Crippen molar-refractivity contribution in [2.24, 2.45) is 0 Å². The standard InChI is InChI=1S/C28H24N2O5/c31-21-11-9-18(10-12-21)15-26(32)30(14-13-20-17-29-24-7-3-2-6-22(20)24)27(33)23-16-19-5-1-4-8-25(19)35-28(23)34/h1-12,16-17,26,29,31-32H,13-15H2. The third-order valence-electron chi connectivity index (χ3n) is 6.14. The lowest BCUT2D eigenvalue weighted by molar-refractivity contribution is 0.00839. The van der Waals surface area contributed by atoms with Crippen LogP contribution in [0.3, 0.4) is 0 Å². The van der Waals surface area contributed by atoms with Gasteiger partial charge in [-0.15, -0.1) is 0 Å². The van der Waals surface area contributed by atoms with Gasteiger partial charge in [-0.3, -0.25) is 4.79 Å². The van der Waals surface area contributed by atoms with Gasteiger partial charge in [-0.25, -0.2) is 4.79 Å². The predicted molar refractivity (Wildman–Crippen MR) is 133 cm³/mol. The topological polar surface area (TPSA) is 107 Å². The molecule has 1 unspecified atom stereocenters. The Morgan fingerprint density at radius 2 is 1.74 bits per heavy atom. The lowest BCUT2D eigenvalue weighted by Crippen LogP contribution is -2.44. The Morgan fingerprint density at radius 3 is 2.57 bits per heavy atom. The predicted octanol–water partition coefficient (Wildman–Crippen LogP) is 4.23. The van der Waals surface area contributed by atoms with Gasteiger partial charge in [-0.2, -0.15) is 0 Å². The van der Waals surface area contributed by atoms with Gasteiger partial charge in [0.15, 0.2) is 0 Å². The molecule has 7 heteroatoms. The number of aliphatic hydroxyl groups excluding tert-OH is 1. The number of para-hydroxylation sites is 2. The molecular formula is C28H24N2O5. The first-order chi connectivity index (χ1) is 17.0. The van der Waals surface area contributed by atoms with Crippen molar-refractivity contribution in [1.82, 2.24) is 9.88 Å². The molecule has 0 saturated carbocycles. The molecule has 0 radical (unpaired) electrons. The monoisotopic (exact) mass is 468 g/mol. The van der Waals surface area contributed by atoms with Gasteiger partial charge in [0.05, 0.1) is 0 Å². The van der Waals surface area contributed by atoms with E-state index >= 15 is 0 Å². The number of rotatable bonds is 7. The minimum Gasteiger partial charge on any atom is -0.508 e. The molecule has 0 fully saturated rings. The molecule has 1 atom stereocenters. The third kappa shape index (κ3) is 4.67. The van der Waals surface area contributed by atoms with Crippen molar-refractivity contribution in [3.8, 4) is 5.75 Å². The van der Waals surface area contributed by atoms with E-state index in [2.05, 4.69) is 4.98 Å². The number of nitrogens with one attached hydrogen (secondary N) is 1. The molecule has 5 aromatic rings. The number of amides is 1. The van der Waals surface area contributed by atoms with Gasteiger partial charge in [0, 0.05) is 35.5 Å². The van der Waals surface area contributed by atoms with Crippen LogP contribution in [0.1, 0.15) is 21.5 Å². The second-order valence-electron chi connectivity index (χ2n) is 8.44. The van der Waals surface area contributed by atoms with Crippen LogP contribution in [0.15, 0.2) is 94.3 Å². The second kappa shape index (κ2) is 9.48. The number of aliphatic hydroxyl groups is 1. The maximum atomic E-state index is 13.6. The maximum Gasteiger partial charge on any atom is 0.349 e. The summed E-state index contributed by atoms with van der Waals surface area (Å²) in [6.45, 7) is 0.187. The SMILES string of the molecule is O=C(c1cc2ccccc2oc1=O)N(CCc1c[nH]c2ccccc12)C(O)Cc1ccc(O)cc1. The van der Waals surface area contributed by atoms with Crippen molar-refractivity contribution in [1.29, 1.82) is 0 Å². The van der Waals surface area contributed by atoms with Crippen LogP contribution in [-0.4, -0.2) is 38.8 Å². The Balaban J connectivity index is 1.47. The first kappa shape index (κ1) is 22.4. The zero-order valence-corrected chi connectivity index (χ0v) is 18.8. The minimum absolute atomic E-state index is 0.115. The van der Waals surface area contributed by atoms with Crippen molar-refractivity contribution >= 4 is 27.8 Å². The number of carbonyl (C=O) groups is 1. The number of carbonyl (C=O) groups excluding carboxylic acids is 1. The van der Waals surface area contributed by atoms with Crippen molar-refractivity contribution in [2.45, 2.75) is 19.1 Å². The fourth-order valence-corrected chi connectivity index (χ4v) is 4.28. The van der Waals surface area contributed by atoms with Gasteiger partial charge in [0.25, 0.3) is 5.91 Å². The lowest BCUT2D eigenvalue weighted by Gasteiger charge is -2.28. The molecular weight excluding hydrogens is 444 g/mol. The van der Waals surface area contributed by atoms with E-state index in [-0.39, 0.29) is 24.3 Å². The summed E-state index contributed by atoms with van der Waals surface area (Å²) < 4.78 is 5.37. The van der Waals surface area contributed by atoms with Crippen molar-refractivity contribution in [2.75, 3.05) is 6.54 Å². The Kier molecular flexibility index (Phi) is 6.08. The van der Waals surface area contributed by atoms with Crippen LogP contribution in [0.5, 0.6) is 5.75 Å². The fourth-order valence-electron chi connectivity index (χ4n) is 4.28. The summed E-state index contributed by atoms with van der Waals surface area (Å²) in [5, 5.41) is 22.3. The molecule has 1 amide bonds. The number of aromatic nitrogens is 1. The maximum absolute atomic E-state index is 13.6. The molecule has 35 heavy (non-hydrogen) atoms. The average molecular weight is 469 g/mol. The molecule has 176 valence electrons. The average Bonchev–Trinajstić information content (AvgIpc) is 3.28. The third-order valence-corrected chi connectivity index (χ3v) is 6.14. The van der Waals surface area contributed by atoms with Crippen LogP contribution < -0.4 is 5.63 Å². The summed E-state index contributed by atoms with van der Waals surface area (Å²) in [6.07, 6.45) is 1.31. The molecule has 0 bridgehead atoms. The molecule has 0 aliphatic heterocycles. The van der Waals surface area contributed by atoms with E-state index in [1.807, 2.05) is 30.5 Å². The van der Waals surface area contributed by atoms with Gasteiger partial charge < -0.3 is 24.5 Å². The Morgan fingerprint density at radius 1 is 1.00 bits per heavy atom.